The minimum atomic E-state index is -2.22. The molecule has 1 saturated carbocycles. The Kier molecular flexibility index (Phi) is 8.44. The van der Waals surface area contributed by atoms with Crippen LogP contribution in [0.2, 0.25) is 0 Å². The summed E-state index contributed by atoms with van der Waals surface area (Å²) in [6, 6.07) is 21.5. The molecule has 9 heteroatoms. The first-order valence-corrected chi connectivity index (χ1v) is 13.1. The van der Waals surface area contributed by atoms with Crippen molar-refractivity contribution in [3.8, 4) is 5.75 Å². The van der Waals surface area contributed by atoms with Crippen LogP contribution in [0, 0.1) is 0 Å². The lowest BCUT2D eigenvalue weighted by atomic mass is 9.86. The van der Waals surface area contributed by atoms with Gasteiger partial charge in [-0.1, -0.05) is 54.6 Å². The van der Waals surface area contributed by atoms with E-state index in [0.717, 1.165) is 5.56 Å². The van der Waals surface area contributed by atoms with Crippen LogP contribution in [0.3, 0.4) is 0 Å². The van der Waals surface area contributed by atoms with Gasteiger partial charge in [-0.25, -0.2) is 9.59 Å². The first-order valence-electron chi connectivity index (χ1n) is 13.1. The number of carboxylic acids is 1. The maximum Gasteiger partial charge on any atom is 0.407 e. The Bertz CT molecular complexity index is 1350. The second-order valence-corrected chi connectivity index (χ2v) is 10.9. The second-order valence-electron chi connectivity index (χ2n) is 10.9. The molecular weight excluding hydrogens is 512 g/mol. The molecule has 0 heterocycles. The van der Waals surface area contributed by atoms with E-state index in [9.17, 15) is 24.6 Å². The molecule has 1 unspecified atom stereocenters. The molecule has 3 aromatic rings. The molecule has 40 heavy (non-hydrogen) atoms. The van der Waals surface area contributed by atoms with Gasteiger partial charge in [0.1, 0.15) is 18.0 Å². The number of rotatable bonds is 9. The Morgan fingerprint density at radius 1 is 0.850 bits per heavy atom. The van der Waals surface area contributed by atoms with Gasteiger partial charge >= 0.3 is 12.1 Å². The summed E-state index contributed by atoms with van der Waals surface area (Å²) in [6.07, 6.45) is 0.815. The largest absolute Gasteiger partial charge is 0.489 e. The summed E-state index contributed by atoms with van der Waals surface area (Å²) in [5.74, 6) is -1.19. The Labute approximate surface area is 233 Å². The molecule has 4 rings (SSSR count). The highest BCUT2D eigenvalue weighted by molar-refractivity contribution is 5.94. The van der Waals surface area contributed by atoms with Crippen LogP contribution in [-0.2, 0) is 21.7 Å². The molecule has 0 bridgehead atoms. The van der Waals surface area contributed by atoms with E-state index in [1.165, 1.54) is 6.07 Å². The topological polar surface area (TPSA) is 134 Å². The van der Waals surface area contributed by atoms with Gasteiger partial charge in [0.05, 0.1) is 0 Å². The fourth-order valence-electron chi connectivity index (χ4n) is 4.42. The van der Waals surface area contributed by atoms with Crippen LogP contribution in [0.1, 0.15) is 60.7 Å². The number of nitrogens with one attached hydrogen (secondary N) is 2. The summed E-state index contributed by atoms with van der Waals surface area (Å²) in [6.45, 7) is 5.60. The van der Waals surface area contributed by atoms with Gasteiger partial charge in [0, 0.05) is 23.2 Å². The number of carboxylic acid groups (broad SMARTS) is 1. The second kappa shape index (κ2) is 11.8. The average Bonchev–Trinajstić information content (AvgIpc) is 2.90. The number of alkyl carbamates (subject to hydrolysis) is 1. The van der Waals surface area contributed by atoms with Gasteiger partial charge < -0.3 is 30.3 Å². The SMILES string of the molecule is CC(C)(C)OC(=O)NC1CC(NC(=O)c2ccc(COc3cccc(C(O)(C(=O)O)c4ccccc4)c3)cc2)C1. The van der Waals surface area contributed by atoms with Gasteiger partial charge in [0.25, 0.3) is 5.91 Å². The van der Waals surface area contributed by atoms with Gasteiger partial charge in [-0.2, -0.15) is 0 Å². The molecule has 0 aromatic heterocycles. The molecule has 1 fully saturated rings. The van der Waals surface area contributed by atoms with Gasteiger partial charge in [-0.05, 0) is 69.0 Å². The fourth-order valence-corrected chi connectivity index (χ4v) is 4.42. The van der Waals surface area contributed by atoms with Crippen molar-refractivity contribution in [3.05, 3.63) is 101 Å². The van der Waals surface area contributed by atoms with Crippen molar-refractivity contribution in [2.75, 3.05) is 0 Å². The van der Waals surface area contributed by atoms with E-state index in [1.54, 1.807) is 93.6 Å². The Morgan fingerprint density at radius 3 is 2.10 bits per heavy atom. The summed E-state index contributed by atoms with van der Waals surface area (Å²) in [4.78, 5) is 36.5. The average molecular weight is 547 g/mol. The predicted molar refractivity (Wildman–Crippen MR) is 148 cm³/mol. The molecule has 0 spiro atoms. The number of aliphatic carboxylic acids is 1. The fraction of sp³-hybridized carbons (Fsp3) is 0.323. The first kappa shape index (κ1) is 28.6. The Balaban J connectivity index is 1.29. The summed E-state index contributed by atoms with van der Waals surface area (Å²) >= 11 is 0. The highest BCUT2D eigenvalue weighted by atomic mass is 16.6. The van der Waals surface area contributed by atoms with Gasteiger partial charge in [0.2, 0.25) is 5.60 Å². The van der Waals surface area contributed by atoms with E-state index in [4.69, 9.17) is 9.47 Å². The Hall–Kier alpha value is -4.37. The van der Waals surface area contributed by atoms with E-state index in [0.29, 0.717) is 24.2 Å². The molecule has 4 N–H and O–H groups in total. The molecule has 0 radical (unpaired) electrons. The van der Waals surface area contributed by atoms with Crippen molar-refractivity contribution in [2.45, 2.75) is 63.5 Å². The molecule has 1 aliphatic carbocycles. The van der Waals surface area contributed by atoms with Gasteiger partial charge in [-0.3, -0.25) is 4.79 Å². The molecule has 0 saturated heterocycles. The lowest BCUT2D eigenvalue weighted by molar-refractivity contribution is -0.155. The zero-order valence-electron chi connectivity index (χ0n) is 22.7. The smallest absolute Gasteiger partial charge is 0.407 e. The third-order valence-electron chi connectivity index (χ3n) is 6.57. The monoisotopic (exact) mass is 546 g/mol. The normalized spacial score (nSPS) is 18.0. The van der Waals surface area contributed by atoms with Crippen molar-refractivity contribution >= 4 is 18.0 Å². The minimum Gasteiger partial charge on any atom is -0.489 e. The van der Waals surface area contributed by atoms with E-state index < -0.39 is 23.3 Å². The standard InChI is InChI=1S/C31H34N2O7/c1-30(2,3)40-29(37)33-25-17-24(18-25)32-27(34)21-14-12-20(13-15-21)19-39-26-11-7-10-23(16-26)31(38,28(35)36)22-8-5-4-6-9-22/h4-16,24-25,38H,17-19H2,1-3H3,(H,32,34)(H,33,37)(H,35,36). The number of ether oxygens (including phenoxy) is 2. The quantitative estimate of drug-likeness (QED) is 0.313. The summed E-state index contributed by atoms with van der Waals surface area (Å²) < 4.78 is 11.1. The number of amides is 2. The van der Waals surface area contributed by atoms with Gasteiger partial charge in [0.15, 0.2) is 0 Å². The predicted octanol–water partition coefficient (Wildman–Crippen LogP) is 4.37. The van der Waals surface area contributed by atoms with Crippen molar-refractivity contribution in [1.82, 2.24) is 10.6 Å². The van der Waals surface area contributed by atoms with E-state index in [-0.39, 0.29) is 35.7 Å². The lowest BCUT2D eigenvalue weighted by Gasteiger charge is -2.36. The van der Waals surface area contributed by atoms with Crippen LogP contribution in [0.4, 0.5) is 4.79 Å². The molecule has 1 atom stereocenters. The lowest BCUT2D eigenvalue weighted by Crippen LogP contribution is -2.54. The number of benzene rings is 3. The van der Waals surface area contributed by atoms with E-state index in [1.807, 2.05) is 0 Å². The van der Waals surface area contributed by atoms with Crippen LogP contribution in [0.15, 0.2) is 78.9 Å². The highest BCUT2D eigenvalue weighted by Gasteiger charge is 2.40. The van der Waals surface area contributed by atoms with Crippen molar-refractivity contribution < 1.29 is 34.1 Å². The Morgan fingerprint density at radius 2 is 1.48 bits per heavy atom. The summed E-state index contributed by atoms with van der Waals surface area (Å²) in [7, 11) is 0. The van der Waals surface area contributed by atoms with Crippen LogP contribution < -0.4 is 15.4 Å². The molecule has 2 amide bonds. The number of hydrogen-bond acceptors (Lipinski definition) is 6. The summed E-state index contributed by atoms with van der Waals surface area (Å²) in [5.41, 5.74) is -1.05. The zero-order valence-corrected chi connectivity index (χ0v) is 22.7. The third-order valence-corrected chi connectivity index (χ3v) is 6.57. The third kappa shape index (κ3) is 6.98. The van der Waals surface area contributed by atoms with Crippen LogP contribution in [0.5, 0.6) is 5.75 Å². The molecule has 3 aromatic carbocycles. The van der Waals surface area contributed by atoms with Crippen LogP contribution in [-0.4, -0.2) is 45.9 Å². The number of carbonyl (C=O) groups is 3. The van der Waals surface area contributed by atoms with Crippen LogP contribution in [0.25, 0.3) is 0 Å². The first-order chi connectivity index (χ1) is 18.9. The minimum absolute atomic E-state index is 0.0249. The number of hydrogen-bond donors (Lipinski definition) is 4. The molecular formula is C31H34N2O7. The van der Waals surface area contributed by atoms with Crippen molar-refractivity contribution in [2.24, 2.45) is 0 Å². The summed E-state index contributed by atoms with van der Waals surface area (Å²) in [5, 5.41) is 26.7. The van der Waals surface area contributed by atoms with Gasteiger partial charge in [-0.15, -0.1) is 0 Å². The maximum absolute atomic E-state index is 12.6. The number of carbonyl (C=O) groups excluding carboxylic acids is 2. The van der Waals surface area contributed by atoms with Crippen molar-refractivity contribution in [3.63, 3.8) is 0 Å². The molecule has 9 nitrogen and oxygen atoms in total. The van der Waals surface area contributed by atoms with E-state index in [2.05, 4.69) is 10.6 Å². The maximum atomic E-state index is 12.6. The molecule has 0 aliphatic heterocycles. The molecule has 210 valence electrons. The van der Waals surface area contributed by atoms with Crippen molar-refractivity contribution in [1.29, 1.82) is 0 Å². The zero-order chi connectivity index (χ0) is 28.9. The number of aliphatic hydroxyl groups is 1. The van der Waals surface area contributed by atoms with Crippen LogP contribution >= 0.6 is 0 Å². The van der Waals surface area contributed by atoms with E-state index >= 15 is 0 Å². The highest BCUT2D eigenvalue weighted by Crippen LogP contribution is 2.32. The molecule has 1 aliphatic rings.